The summed E-state index contributed by atoms with van der Waals surface area (Å²) in [5, 5.41) is 13.2. The zero-order valence-corrected chi connectivity index (χ0v) is 19.7. The molecule has 0 unspecified atom stereocenters. The number of anilines is 1. The second-order valence-corrected chi connectivity index (χ2v) is 9.03. The molecule has 3 aromatic heterocycles. The molecule has 1 saturated carbocycles. The van der Waals surface area contributed by atoms with Gasteiger partial charge in [-0.25, -0.2) is 9.67 Å². The van der Waals surface area contributed by atoms with Gasteiger partial charge in [0, 0.05) is 23.9 Å². The van der Waals surface area contributed by atoms with E-state index >= 15 is 0 Å². The summed E-state index contributed by atoms with van der Waals surface area (Å²) in [6.45, 7) is 8.75. The Morgan fingerprint density at radius 3 is 2.48 bits per heavy atom. The fraction of sp³-hybridized carbons (Fsp3) is 0.385. The van der Waals surface area contributed by atoms with E-state index in [4.69, 9.17) is 10.1 Å². The van der Waals surface area contributed by atoms with Gasteiger partial charge >= 0.3 is 0 Å². The van der Waals surface area contributed by atoms with Crippen molar-refractivity contribution in [3.05, 3.63) is 58.9 Å². The summed E-state index contributed by atoms with van der Waals surface area (Å²) >= 11 is 0. The number of amides is 1. The highest BCUT2D eigenvalue weighted by molar-refractivity contribution is 6.13. The average molecular weight is 443 g/mol. The van der Waals surface area contributed by atoms with E-state index in [9.17, 15) is 4.79 Å². The van der Waals surface area contributed by atoms with Gasteiger partial charge < -0.3 is 5.32 Å². The monoisotopic (exact) mass is 442 g/mol. The smallest absolute Gasteiger partial charge is 0.257 e. The van der Waals surface area contributed by atoms with Crippen molar-refractivity contribution in [1.29, 1.82) is 0 Å². The minimum atomic E-state index is -0.189. The Morgan fingerprint density at radius 2 is 1.79 bits per heavy atom. The molecule has 170 valence electrons. The predicted molar refractivity (Wildman–Crippen MR) is 131 cm³/mol. The lowest BCUT2D eigenvalue weighted by atomic mass is 10.0. The van der Waals surface area contributed by atoms with E-state index in [1.165, 1.54) is 18.4 Å². The third-order valence-corrected chi connectivity index (χ3v) is 6.60. The van der Waals surface area contributed by atoms with Gasteiger partial charge in [-0.15, -0.1) is 0 Å². The van der Waals surface area contributed by atoms with E-state index in [1.54, 1.807) is 0 Å². The molecule has 0 radical (unpaired) electrons. The molecule has 7 nitrogen and oxygen atoms in total. The number of hydrogen-bond acceptors (Lipinski definition) is 4. The number of fused-ring (bicyclic) bond motifs is 1. The molecule has 3 heterocycles. The molecule has 0 atom stereocenters. The van der Waals surface area contributed by atoms with Crippen LogP contribution in [0.5, 0.6) is 0 Å². The highest BCUT2D eigenvalue weighted by Gasteiger charge is 2.23. The highest BCUT2D eigenvalue weighted by atomic mass is 16.1. The third kappa shape index (κ3) is 3.92. The molecule has 1 aliphatic rings. The summed E-state index contributed by atoms with van der Waals surface area (Å²) in [4.78, 5) is 18.4. The van der Waals surface area contributed by atoms with Crippen molar-refractivity contribution in [2.45, 2.75) is 66.0 Å². The summed E-state index contributed by atoms with van der Waals surface area (Å²) < 4.78 is 3.93. The Balaban J connectivity index is 1.56. The number of nitrogens with zero attached hydrogens (tertiary/aromatic N) is 5. The van der Waals surface area contributed by atoms with Crippen LogP contribution in [0.1, 0.15) is 66.0 Å². The Labute approximate surface area is 193 Å². The van der Waals surface area contributed by atoms with Crippen LogP contribution < -0.4 is 5.32 Å². The molecular formula is C26H30N6O. The SMILES string of the molecule is CCn1nc(C)c2c(C(=O)Nc3cc(C)n(C4CCCC4)n3)cc(-c3ccc(C)cc3)nc21. The van der Waals surface area contributed by atoms with Crippen LogP contribution in [-0.4, -0.2) is 30.5 Å². The quantitative estimate of drug-likeness (QED) is 0.436. The predicted octanol–water partition coefficient (Wildman–Crippen LogP) is 5.61. The number of hydrogen-bond donors (Lipinski definition) is 1. The number of benzene rings is 1. The molecule has 0 saturated heterocycles. The lowest BCUT2D eigenvalue weighted by Gasteiger charge is -2.11. The van der Waals surface area contributed by atoms with Crippen molar-refractivity contribution < 1.29 is 4.79 Å². The minimum absolute atomic E-state index is 0.189. The van der Waals surface area contributed by atoms with E-state index in [0.717, 1.165) is 46.5 Å². The first-order valence-electron chi connectivity index (χ1n) is 11.8. The number of carbonyl (C=O) groups excluding carboxylic acids is 1. The molecule has 0 spiro atoms. The molecular weight excluding hydrogens is 412 g/mol. The zero-order chi connectivity index (χ0) is 23.1. The number of carbonyl (C=O) groups is 1. The second kappa shape index (κ2) is 8.46. The summed E-state index contributed by atoms with van der Waals surface area (Å²) in [7, 11) is 0. The molecule has 1 aliphatic carbocycles. The van der Waals surface area contributed by atoms with Gasteiger partial charge in [-0.05, 0) is 46.6 Å². The van der Waals surface area contributed by atoms with Crippen LogP contribution in [0.4, 0.5) is 5.82 Å². The minimum Gasteiger partial charge on any atom is -0.305 e. The lowest BCUT2D eigenvalue weighted by molar-refractivity contribution is 0.102. The van der Waals surface area contributed by atoms with Gasteiger partial charge in [0.1, 0.15) is 0 Å². The van der Waals surface area contributed by atoms with Crippen molar-refractivity contribution >= 4 is 22.8 Å². The first kappa shape index (κ1) is 21.4. The van der Waals surface area contributed by atoms with Crippen LogP contribution in [0.25, 0.3) is 22.3 Å². The van der Waals surface area contributed by atoms with Crippen molar-refractivity contribution in [2.75, 3.05) is 5.32 Å². The van der Waals surface area contributed by atoms with E-state index in [-0.39, 0.29) is 5.91 Å². The van der Waals surface area contributed by atoms with Crippen LogP contribution in [0.2, 0.25) is 0 Å². The van der Waals surface area contributed by atoms with Gasteiger partial charge in [0.25, 0.3) is 5.91 Å². The Kier molecular flexibility index (Phi) is 5.48. The Morgan fingerprint density at radius 1 is 1.06 bits per heavy atom. The van der Waals surface area contributed by atoms with Crippen LogP contribution in [-0.2, 0) is 6.54 Å². The molecule has 1 fully saturated rings. The summed E-state index contributed by atoms with van der Waals surface area (Å²) in [6, 6.07) is 12.5. The maximum atomic E-state index is 13.5. The van der Waals surface area contributed by atoms with Crippen LogP contribution >= 0.6 is 0 Å². The second-order valence-electron chi connectivity index (χ2n) is 9.03. The number of pyridine rings is 1. The normalized spacial score (nSPS) is 14.3. The highest BCUT2D eigenvalue weighted by Crippen LogP contribution is 2.31. The standard InChI is InChI=1S/C26H30N6O/c1-5-31-25-24(18(4)29-31)21(15-22(27-25)19-12-10-16(2)11-13-19)26(33)28-23-14-17(3)32(30-23)20-8-6-7-9-20/h10-15,20H,5-9H2,1-4H3,(H,28,30,33). The molecule has 5 rings (SSSR count). The molecule has 1 amide bonds. The van der Waals surface area contributed by atoms with E-state index in [0.29, 0.717) is 24.0 Å². The molecule has 4 aromatic rings. The van der Waals surface area contributed by atoms with Crippen LogP contribution in [0, 0.1) is 20.8 Å². The van der Waals surface area contributed by atoms with Gasteiger partial charge in [0.05, 0.1) is 28.4 Å². The average Bonchev–Trinajstić information content (AvgIpc) is 3.53. The maximum absolute atomic E-state index is 13.5. The van der Waals surface area contributed by atoms with Crippen molar-refractivity contribution in [2.24, 2.45) is 0 Å². The Hall–Kier alpha value is -3.48. The van der Waals surface area contributed by atoms with Crippen molar-refractivity contribution in [3.63, 3.8) is 0 Å². The van der Waals surface area contributed by atoms with Gasteiger partial charge in [-0.3, -0.25) is 9.48 Å². The number of rotatable bonds is 5. The summed E-state index contributed by atoms with van der Waals surface area (Å²) in [5.74, 6) is 0.400. The van der Waals surface area contributed by atoms with Crippen molar-refractivity contribution in [3.8, 4) is 11.3 Å². The van der Waals surface area contributed by atoms with Gasteiger partial charge in [0.15, 0.2) is 11.5 Å². The van der Waals surface area contributed by atoms with Crippen LogP contribution in [0.3, 0.4) is 0 Å². The van der Waals surface area contributed by atoms with E-state index in [1.807, 2.05) is 42.8 Å². The molecule has 1 aromatic carbocycles. The molecule has 0 aliphatic heterocycles. The molecule has 33 heavy (non-hydrogen) atoms. The molecule has 0 bridgehead atoms. The maximum Gasteiger partial charge on any atom is 0.257 e. The molecule has 7 heteroatoms. The van der Waals surface area contributed by atoms with E-state index in [2.05, 4.69) is 41.1 Å². The lowest BCUT2D eigenvalue weighted by Crippen LogP contribution is -2.15. The fourth-order valence-corrected chi connectivity index (χ4v) is 4.88. The number of aryl methyl sites for hydroxylation is 4. The fourth-order valence-electron chi connectivity index (χ4n) is 4.88. The largest absolute Gasteiger partial charge is 0.305 e. The number of aromatic nitrogens is 5. The van der Waals surface area contributed by atoms with Crippen LogP contribution in [0.15, 0.2) is 36.4 Å². The topological polar surface area (TPSA) is 77.6 Å². The number of nitrogens with one attached hydrogen (secondary N) is 1. The van der Waals surface area contributed by atoms with Crippen molar-refractivity contribution in [1.82, 2.24) is 24.5 Å². The third-order valence-electron chi connectivity index (χ3n) is 6.60. The van der Waals surface area contributed by atoms with Gasteiger partial charge in [-0.1, -0.05) is 42.7 Å². The zero-order valence-electron chi connectivity index (χ0n) is 19.7. The van der Waals surface area contributed by atoms with Gasteiger partial charge in [-0.2, -0.15) is 10.2 Å². The van der Waals surface area contributed by atoms with Gasteiger partial charge in [0.2, 0.25) is 0 Å². The first-order valence-corrected chi connectivity index (χ1v) is 11.8. The Bertz CT molecular complexity index is 1330. The van der Waals surface area contributed by atoms with E-state index < -0.39 is 0 Å². The first-order chi connectivity index (χ1) is 15.9. The molecule has 1 N–H and O–H groups in total. The summed E-state index contributed by atoms with van der Waals surface area (Å²) in [6.07, 6.45) is 4.78. The summed E-state index contributed by atoms with van der Waals surface area (Å²) in [5.41, 5.74) is 6.08.